The first-order valence-electron chi connectivity index (χ1n) is 7.83. The lowest BCUT2D eigenvalue weighted by molar-refractivity contribution is 0.102. The van der Waals surface area contributed by atoms with Gasteiger partial charge in [0.2, 0.25) is 10.0 Å². The van der Waals surface area contributed by atoms with Crippen molar-refractivity contribution in [3.05, 3.63) is 16.3 Å². The Hall–Kier alpha value is -0.430. The molecule has 0 bridgehead atoms. The molecule has 118 valence electrons. The van der Waals surface area contributed by atoms with E-state index >= 15 is 0 Å². The highest BCUT2D eigenvalue weighted by atomic mass is 32.2. The lowest BCUT2D eigenvalue weighted by Gasteiger charge is -2.43. The van der Waals surface area contributed by atoms with Crippen molar-refractivity contribution in [1.29, 1.82) is 0 Å². The quantitative estimate of drug-likeness (QED) is 0.928. The summed E-state index contributed by atoms with van der Waals surface area (Å²) in [6.45, 7) is 1.76. The van der Waals surface area contributed by atoms with Crippen LogP contribution in [0.3, 0.4) is 0 Å². The molecular weight excluding hydrogens is 304 g/mol. The van der Waals surface area contributed by atoms with E-state index in [-0.39, 0.29) is 0 Å². The summed E-state index contributed by atoms with van der Waals surface area (Å²) < 4.78 is 27.0. The van der Waals surface area contributed by atoms with Crippen LogP contribution in [-0.4, -0.2) is 25.8 Å². The van der Waals surface area contributed by atoms with Gasteiger partial charge in [-0.25, -0.2) is 8.42 Å². The third-order valence-electron chi connectivity index (χ3n) is 5.17. The van der Waals surface area contributed by atoms with Gasteiger partial charge in [0.05, 0.1) is 4.90 Å². The summed E-state index contributed by atoms with van der Waals surface area (Å²) in [5.41, 5.74) is 6.01. The number of rotatable bonds is 3. The highest BCUT2D eigenvalue weighted by Crippen LogP contribution is 2.45. The monoisotopic (exact) mass is 328 g/mol. The molecule has 6 heteroatoms. The van der Waals surface area contributed by atoms with Crippen LogP contribution in [0, 0.1) is 5.41 Å². The molecule has 2 aliphatic rings. The van der Waals surface area contributed by atoms with Crippen molar-refractivity contribution in [3.8, 4) is 0 Å². The van der Waals surface area contributed by atoms with Gasteiger partial charge in [-0.15, -0.1) is 11.3 Å². The average Bonchev–Trinajstić information content (AvgIpc) is 2.98. The molecule has 4 nitrogen and oxygen atoms in total. The molecule has 2 heterocycles. The fraction of sp³-hybridized carbons (Fsp3) is 0.733. The second-order valence-corrected chi connectivity index (χ2v) is 9.35. The zero-order valence-electron chi connectivity index (χ0n) is 12.4. The largest absolute Gasteiger partial charge is 0.326 e. The molecule has 0 atom stereocenters. The first-order chi connectivity index (χ1) is 10.1. The lowest BCUT2D eigenvalue weighted by atomic mass is 9.68. The third kappa shape index (κ3) is 3.04. The molecule has 1 aromatic heterocycles. The number of hydrogen-bond donors (Lipinski definition) is 1. The highest BCUT2D eigenvalue weighted by Gasteiger charge is 2.39. The number of piperidine rings is 1. The van der Waals surface area contributed by atoms with E-state index in [1.54, 1.807) is 15.8 Å². The first kappa shape index (κ1) is 15.5. The van der Waals surface area contributed by atoms with Crippen LogP contribution in [0.1, 0.15) is 49.8 Å². The molecule has 2 N–H and O–H groups in total. The summed E-state index contributed by atoms with van der Waals surface area (Å²) in [5.74, 6) is 0. The fourth-order valence-electron chi connectivity index (χ4n) is 3.75. The van der Waals surface area contributed by atoms with Crippen molar-refractivity contribution >= 4 is 21.4 Å². The Morgan fingerprint density at radius 1 is 1.14 bits per heavy atom. The maximum Gasteiger partial charge on any atom is 0.243 e. The second kappa shape index (κ2) is 5.99. The molecular formula is C15H24N2O2S2. The summed E-state index contributed by atoms with van der Waals surface area (Å²) in [5, 5.41) is 1.72. The molecule has 0 aromatic carbocycles. The van der Waals surface area contributed by atoms with Gasteiger partial charge in [0.1, 0.15) is 0 Å². The van der Waals surface area contributed by atoms with E-state index in [0.29, 0.717) is 29.9 Å². The van der Waals surface area contributed by atoms with Crippen molar-refractivity contribution in [3.63, 3.8) is 0 Å². The van der Waals surface area contributed by atoms with Crippen molar-refractivity contribution in [1.82, 2.24) is 4.31 Å². The molecule has 2 fully saturated rings. The van der Waals surface area contributed by atoms with E-state index in [1.165, 1.54) is 43.4 Å². The van der Waals surface area contributed by atoms with Gasteiger partial charge < -0.3 is 5.73 Å². The molecule has 1 saturated heterocycles. The van der Waals surface area contributed by atoms with Crippen molar-refractivity contribution in [2.45, 2.75) is 56.4 Å². The number of sulfonamides is 1. The Labute approximate surface area is 131 Å². The van der Waals surface area contributed by atoms with Crippen molar-refractivity contribution < 1.29 is 8.42 Å². The van der Waals surface area contributed by atoms with E-state index in [4.69, 9.17) is 5.73 Å². The number of nitrogens with two attached hydrogens (primary N) is 1. The van der Waals surface area contributed by atoms with Gasteiger partial charge >= 0.3 is 0 Å². The standard InChI is InChI=1S/C15H24N2O2S2/c16-11-13-10-14(12-20-13)21(18,19)17-8-6-15(7-9-17)4-2-1-3-5-15/h10,12H,1-9,11,16H2. The molecule has 0 radical (unpaired) electrons. The maximum atomic E-state index is 12.7. The molecule has 21 heavy (non-hydrogen) atoms. The summed E-state index contributed by atoms with van der Waals surface area (Å²) in [6.07, 6.45) is 8.61. The van der Waals surface area contributed by atoms with E-state index < -0.39 is 10.0 Å². The Bertz CT molecular complexity index is 579. The summed E-state index contributed by atoms with van der Waals surface area (Å²) >= 11 is 1.43. The summed E-state index contributed by atoms with van der Waals surface area (Å²) in [7, 11) is -3.32. The number of nitrogens with zero attached hydrogens (tertiary/aromatic N) is 1. The van der Waals surface area contributed by atoms with Crippen molar-refractivity contribution in [2.24, 2.45) is 11.1 Å². The highest BCUT2D eigenvalue weighted by molar-refractivity contribution is 7.89. The Kier molecular flexibility index (Phi) is 4.41. The normalized spacial score (nSPS) is 23.5. The van der Waals surface area contributed by atoms with Gasteiger partial charge in [0.25, 0.3) is 0 Å². The van der Waals surface area contributed by atoms with Gasteiger partial charge in [-0.2, -0.15) is 4.31 Å². The summed E-state index contributed by atoms with van der Waals surface area (Å²) in [6, 6.07) is 1.73. The van der Waals surface area contributed by atoms with Crippen LogP contribution in [0.25, 0.3) is 0 Å². The minimum atomic E-state index is -3.32. The summed E-state index contributed by atoms with van der Waals surface area (Å²) in [4.78, 5) is 1.35. The molecule has 1 saturated carbocycles. The van der Waals surface area contributed by atoms with Crippen molar-refractivity contribution in [2.75, 3.05) is 13.1 Å². The van der Waals surface area contributed by atoms with E-state index in [0.717, 1.165) is 17.7 Å². The molecule has 0 unspecified atom stereocenters. The Morgan fingerprint density at radius 2 is 1.81 bits per heavy atom. The zero-order valence-corrected chi connectivity index (χ0v) is 14.0. The minimum absolute atomic E-state index is 0.406. The zero-order chi connectivity index (χ0) is 14.9. The average molecular weight is 329 g/mol. The van der Waals surface area contributed by atoms with Crippen LogP contribution in [0.5, 0.6) is 0 Å². The predicted molar refractivity (Wildman–Crippen MR) is 85.7 cm³/mol. The van der Waals surface area contributed by atoms with Gasteiger partial charge in [0.15, 0.2) is 0 Å². The second-order valence-electron chi connectivity index (χ2n) is 6.42. The van der Waals surface area contributed by atoms with Gasteiger partial charge in [0, 0.05) is 29.9 Å². The molecule has 1 aromatic rings. The van der Waals surface area contributed by atoms with E-state index in [2.05, 4.69) is 0 Å². The molecule has 0 amide bonds. The van der Waals surface area contributed by atoms with Crippen LogP contribution in [0.4, 0.5) is 0 Å². The van der Waals surface area contributed by atoms with E-state index in [9.17, 15) is 8.42 Å². The lowest BCUT2D eigenvalue weighted by Crippen LogP contribution is -2.43. The van der Waals surface area contributed by atoms with Crippen LogP contribution in [0.15, 0.2) is 16.3 Å². The molecule has 1 aliphatic carbocycles. The smallest absolute Gasteiger partial charge is 0.243 e. The number of hydrogen-bond acceptors (Lipinski definition) is 4. The Balaban J connectivity index is 1.70. The third-order valence-corrected chi connectivity index (χ3v) is 8.15. The topological polar surface area (TPSA) is 63.4 Å². The molecule has 1 aliphatic heterocycles. The minimum Gasteiger partial charge on any atom is -0.326 e. The number of thiophene rings is 1. The van der Waals surface area contributed by atoms with Gasteiger partial charge in [-0.3, -0.25) is 0 Å². The first-order valence-corrected chi connectivity index (χ1v) is 10.2. The molecule has 3 rings (SSSR count). The van der Waals surface area contributed by atoms with Crippen LogP contribution in [0.2, 0.25) is 0 Å². The van der Waals surface area contributed by atoms with Crippen LogP contribution in [-0.2, 0) is 16.6 Å². The van der Waals surface area contributed by atoms with Gasteiger partial charge in [-0.1, -0.05) is 19.3 Å². The van der Waals surface area contributed by atoms with Crippen LogP contribution >= 0.6 is 11.3 Å². The SMILES string of the molecule is NCc1cc(S(=O)(=O)N2CCC3(CCCCC3)CC2)cs1. The molecule has 1 spiro atoms. The fourth-order valence-corrected chi connectivity index (χ4v) is 6.34. The predicted octanol–water partition coefficient (Wildman–Crippen LogP) is 2.94. The maximum absolute atomic E-state index is 12.7. The van der Waals surface area contributed by atoms with Gasteiger partial charge in [-0.05, 0) is 37.2 Å². The van der Waals surface area contributed by atoms with Crippen LogP contribution < -0.4 is 5.73 Å². The van der Waals surface area contributed by atoms with E-state index in [1.807, 2.05) is 0 Å². The Morgan fingerprint density at radius 3 is 2.38 bits per heavy atom.